The third-order valence-corrected chi connectivity index (χ3v) is 6.41. The van der Waals surface area contributed by atoms with Crippen LogP contribution in [0.3, 0.4) is 0 Å². The molecule has 0 radical (unpaired) electrons. The fourth-order valence-electron chi connectivity index (χ4n) is 4.35. The van der Waals surface area contributed by atoms with Crippen LogP contribution in [-0.2, 0) is 6.42 Å². The minimum Gasteiger partial charge on any atom is -0.508 e. The van der Waals surface area contributed by atoms with E-state index < -0.39 is 16.9 Å². The molecule has 1 atom stereocenters. The van der Waals surface area contributed by atoms with Crippen molar-refractivity contribution in [3.8, 4) is 51.6 Å². The van der Waals surface area contributed by atoms with E-state index >= 15 is 0 Å². The van der Waals surface area contributed by atoms with E-state index in [4.69, 9.17) is 9.15 Å². The Morgan fingerprint density at radius 1 is 0.692 bits per heavy atom. The largest absolute Gasteiger partial charge is 0.508 e. The maximum absolute atomic E-state index is 12.1. The summed E-state index contributed by atoms with van der Waals surface area (Å²) in [6.07, 6.45) is 0.889. The molecule has 198 valence electrons. The highest BCUT2D eigenvalue weighted by molar-refractivity contribution is 5.83. The summed E-state index contributed by atoms with van der Waals surface area (Å²) in [4.78, 5) is 12.1. The predicted molar refractivity (Wildman–Crippen MR) is 143 cm³/mol. The van der Waals surface area contributed by atoms with Crippen LogP contribution in [-0.4, -0.2) is 37.2 Å². The summed E-state index contributed by atoms with van der Waals surface area (Å²) in [6, 6.07) is 20.1. The van der Waals surface area contributed by atoms with Gasteiger partial charge in [-0.15, -0.1) is 0 Å². The molecule has 1 aromatic heterocycles. The molecule has 0 spiro atoms. The Labute approximate surface area is 221 Å². The van der Waals surface area contributed by atoms with Crippen LogP contribution in [0.15, 0.2) is 88.1 Å². The Morgan fingerprint density at radius 2 is 1.38 bits per heavy atom. The van der Waals surface area contributed by atoms with Crippen LogP contribution >= 0.6 is 0 Å². The Hall–Kier alpha value is -5.31. The smallest absolute Gasteiger partial charge is 0.235 e. The number of ether oxygens (including phenoxy) is 1. The van der Waals surface area contributed by atoms with Gasteiger partial charge in [-0.2, -0.15) is 0 Å². The lowest BCUT2D eigenvalue weighted by molar-refractivity contribution is 0.261. The summed E-state index contributed by atoms with van der Waals surface area (Å²) in [7, 11) is 0. The number of hydrogen-bond acceptors (Lipinski definition) is 9. The van der Waals surface area contributed by atoms with E-state index in [-0.39, 0.29) is 45.3 Å². The summed E-state index contributed by atoms with van der Waals surface area (Å²) in [5.41, 5.74) is 1.92. The second-order valence-corrected chi connectivity index (χ2v) is 9.09. The summed E-state index contributed by atoms with van der Waals surface area (Å²) in [5, 5.41) is 57.0. The van der Waals surface area contributed by atoms with Crippen molar-refractivity contribution in [2.24, 2.45) is 0 Å². The van der Waals surface area contributed by atoms with Crippen LogP contribution in [0.1, 0.15) is 17.0 Å². The van der Waals surface area contributed by atoms with E-state index in [1.54, 1.807) is 24.3 Å². The molecule has 0 amide bonds. The van der Waals surface area contributed by atoms with Crippen molar-refractivity contribution in [3.63, 3.8) is 0 Å². The highest BCUT2D eigenvalue weighted by Crippen LogP contribution is 2.36. The number of hydrogen-bond donors (Lipinski definition) is 6. The van der Waals surface area contributed by atoms with Crippen molar-refractivity contribution < 1.29 is 39.8 Å². The molecule has 0 fully saturated rings. The van der Waals surface area contributed by atoms with Gasteiger partial charge in [0, 0.05) is 23.6 Å². The first-order chi connectivity index (χ1) is 18.7. The quantitative estimate of drug-likeness (QED) is 0.171. The molecule has 0 bridgehead atoms. The number of benzene rings is 4. The van der Waals surface area contributed by atoms with Crippen LogP contribution in [0.5, 0.6) is 40.2 Å². The molecular formula is C30H24O9. The van der Waals surface area contributed by atoms with Gasteiger partial charge in [0.2, 0.25) is 11.2 Å². The third kappa shape index (κ3) is 5.24. The van der Waals surface area contributed by atoms with Gasteiger partial charge in [-0.05, 0) is 66.1 Å². The monoisotopic (exact) mass is 528 g/mol. The van der Waals surface area contributed by atoms with Crippen LogP contribution in [0.25, 0.3) is 22.3 Å². The molecule has 2 heterocycles. The average molecular weight is 529 g/mol. The van der Waals surface area contributed by atoms with E-state index in [2.05, 4.69) is 0 Å². The highest BCUT2D eigenvalue weighted by atomic mass is 16.5. The number of fused-ring (bicyclic) bond motifs is 2. The first-order valence-corrected chi connectivity index (χ1v) is 11.9. The Morgan fingerprint density at radius 3 is 2.13 bits per heavy atom. The average Bonchev–Trinajstić information content (AvgIpc) is 2.93. The molecule has 0 unspecified atom stereocenters. The first-order valence-electron chi connectivity index (χ1n) is 11.9. The Kier molecular flexibility index (Phi) is 6.64. The lowest BCUT2D eigenvalue weighted by atomic mass is 9.90. The number of aromatic hydroxyl groups is 6. The molecule has 0 aliphatic carbocycles. The number of rotatable bonds is 2. The van der Waals surface area contributed by atoms with Crippen molar-refractivity contribution in [1.82, 2.24) is 0 Å². The molecule has 4 aromatic carbocycles. The molecule has 9 heteroatoms. The zero-order valence-electron chi connectivity index (χ0n) is 20.4. The standard InChI is InChI=1S/C15H10O6.C15H14O3/c16-8-2-3-9-12(6-8)21-15(14(20)13(9)19)7-1-4-10(17)11(18)5-7;16-13-4-1-10(2-5-13)12-7-11-3-6-14(17)8-15(11)18-9-12/h1-6,16-18,20H;1-6,8,12,16-17H,7,9H2/t;12-/m.1/s1. The fraction of sp³-hybridized carbons (Fsp3) is 0.100. The van der Waals surface area contributed by atoms with Gasteiger partial charge in [-0.1, -0.05) is 18.2 Å². The van der Waals surface area contributed by atoms with E-state index in [0.717, 1.165) is 29.4 Å². The van der Waals surface area contributed by atoms with Gasteiger partial charge in [0.25, 0.3) is 0 Å². The molecule has 6 rings (SSSR count). The molecule has 6 N–H and O–H groups in total. The van der Waals surface area contributed by atoms with E-state index in [9.17, 15) is 35.4 Å². The van der Waals surface area contributed by atoms with Gasteiger partial charge >= 0.3 is 0 Å². The molecule has 1 aliphatic heterocycles. The van der Waals surface area contributed by atoms with Gasteiger partial charge in [-0.25, -0.2) is 0 Å². The molecule has 9 nitrogen and oxygen atoms in total. The van der Waals surface area contributed by atoms with Crippen molar-refractivity contribution >= 4 is 11.0 Å². The topological polar surface area (TPSA) is 161 Å². The minimum absolute atomic E-state index is 0.0872. The SMILES string of the molecule is O=c1c(O)c(-c2ccc(O)c(O)c2)oc2cc(O)ccc12.Oc1ccc([C@H]2COc3cc(O)ccc3C2)cc1. The number of phenols is 5. The zero-order chi connectivity index (χ0) is 27.7. The maximum Gasteiger partial charge on any atom is 0.235 e. The van der Waals surface area contributed by atoms with Crippen LogP contribution < -0.4 is 10.2 Å². The zero-order valence-corrected chi connectivity index (χ0v) is 20.4. The summed E-state index contributed by atoms with van der Waals surface area (Å²) in [5.74, 6) is -0.0302. The second kappa shape index (κ2) is 10.2. The molecule has 0 saturated heterocycles. The van der Waals surface area contributed by atoms with Crippen molar-refractivity contribution in [1.29, 1.82) is 0 Å². The summed E-state index contributed by atoms with van der Waals surface area (Å²) < 4.78 is 11.1. The minimum atomic E-state index is -0.654. The summed E-state index contributed by atoms with van der Waals surface area (Å²) >= 11 is 0. The second-order valence-electron chi connectivity index (χ2n) is 9.09. The van der Waals surface area contributed by atoms with Gasteiger partial charge < -0.3 is 39.8 Å². The predicted octanol–water partition coefficient (Wildman–Crippen LogP) is 5.10. The first kappa shape index (κ1) is 25.3. The normalized spacial score (nSPS) is 14.1. The maximum atomic E-state index is 12.1. The summed E-state index contributed by atoms with van der Waals surface area (Å²) in [6.45, 7) is 0.598. The van der Waals surface area contributed by atoms with Crippen molar-refractivity contribution in [2.75, 3.05) is 6.61 Å². The van der Waals surface area contributed by atoms with E-state index in [1.807, 2.05) is 18.2 Å². The fourth-order valence-corrected chi connectivity index (χ4v) is 4.35. The van der Waals surface area contributed by atoms with E-state index in [1.165, 1.54) is 30.3 Å². The number of phenolic OH excluding ortho intramolecular Hbond substituents is 5. The van der Waals surface area contributed by atoms with Crippen molar-refractivity contribution in [2.45, 2.75) is 12.3 Å². The molecule has 0 saturated carbocycles. The van der Waals surface area contributed by atoms with Gasteiger partial charge in [0.05, 0.1) is 12.0 Å². The molecule has 1 aliphatic rings. The van der Waals surface area contributed by atoms with E-state index in [0.29, 0.717) is 12.5 Å². The van der Waals surface area contributed by atoms with Gasteiger partial charge in [0.15, 0.2) is 17.3 Å². The molecule has 5 aromatic rings. The van der Waals surface area contributed by atoms with Crippen LogP contribution in [0, 0.1) is 0 Å². The van der Waals surface area contributed by atoms with Gasteiger partial charge in [0.1, 0.15) is 28.6 Å². The van der Waals surface area contributed by atoms with Crippen LogP contribution in [0.2, 0.25) is 0 Å². The lowest BCUT2D eigenvalue weighted by Gasteiger charge is -2.25. The molecular weight excluding hydrogens is 504 g/mol. The highest BCUT2D eigenvalue weighted by Gasteiger charge is 2.21. The third-order valence-electron chi connectivity index (χ3n) is 6.41. The Bertz CT molecular complexity index is 1720. The van der Waals surface area contributed by atoms with Crippen molar-refractivity contribution in [3.05, 3.63) is 100 Å². The molecule has 39 heavy (non-hydrogen) atoms. The van der Waals surface area contributed by atoms with Crippen LogP contribution in [0.4, 0.5) is 0 Å². The Balaban J connectivity index is 0.000000160. The lowest BCUT2D eigenvalue weighted by Crippen LogP contribution is -2.18. The van der Waals surface area contributed by atoms with Gasteiger partial charge in [-0.3, -0.25) is 4.79 Å².